The second-order valence-corrected chi connectivity index (χ2v) is 7.96. The number of hydrogen-bond acceptors (Lipinski definition) is 3. The molecule has 1 saturated heterocycles. The molecule has 1 aromatic carbocycles. The number of benzene rings is 1. The molecule has 0 aliphatic carbocycles. The van der Waals surface area contributed by atoms with Crippen LogP contribution < -0.4 is 5.32 Å². The van der Waals surface area contributed by atoms with Crippen molar-refractivity contribution in [2.45, 2.75) is 44.8 Å². The third-order valence-corrected chi connectivity index (χ3v) is 5.64. The SMILES string of the molecule is C[C@H]1c2c(Cl)cc(Cl)cc2CCN1C(=O)C1CCCCNC1.O=C(O)C(F)(F)F. The summed E-state index contributed by atoms with van der Waals surface area (Å²) in [4.78, 5) is 23.8. The Labute approximate surface area is 177 Å². The normalized spacial score (nSPS) is 22.1. The van der Waals surface area contributed by atoms with Crippen LogP contribution in [-0.2, 0) is 16.0 Å². The van der Waals surface area contributed by atoms with E-state index >= 15 is 0 Å². The third kappa shape index (κ3) is 6.23. The van der Waals surface area contributed by atoms with E-state index in [4.69, 9.17) is 33.1 Å². The van der Waals surface area contributed by atoms with Gasteiger partial charge < -0.3 is 15.3 Å². The van der Waals surface area contributed by atoms with Gasteiger partial charge in [0.2, 0.25) is 5.91 Å². The number of nitrogens with one attached hydrogen (secondary N) is 1. The number of carbonyl (C=O) groups excluding carboxylic acids is 1. The summed E-state index contributed by atoms with van der Waals surface area (Å²) in [5, 5.41) is 11.8. The van der Waals surface area contributed by atoms with Crippen molar-refractivity contribution in [2.75, 3.05) is 19.6 Å². The molecule has 1 unspecified atom stereocenters. The Balaban J connectivity index is 0.000000370. The Bertz CT molecular complexity index is 751. The van der Waals surface area contributed by atoms with Crippen molar-refractivity contribution < 1.29 is 27.9 Å². The van der Waals surface area contributed by atoms with Crippen LogP contribution in [0.25, 0.3) is 0 Å². The van der Waals surface area contributed by atoms with Crippen molar-refractivity contribution in [3.63, 3.8) is 0 Å². The highest BCUT2D eigenvalue weighted by Gasteiger charge is 2.38. The molecule has 29 heavy (non-hydrogen) atoms. The molecule has 2 aliphatic heterocycles. The van der Waals surface area contributed by atoms with E-state index in [1.807, 2.05) is 11.0 Å². The number of nitrogens with zero attached hydrogens (tertiary/aromatic N) is 1. The lowest BCUT2D eigenvalue weighted by atomic mass is 9.91. The average molecular weight is 455 g/mol. The molecule has 0 saturated carbocycles. The molecule has 10 heteroatoms. The molecule has 3 rings (SSSR count). The Hall–Kier alpha value is -1.51. The number of halogens is 5. The number of alkyl halides is 3. The van der Waals surface area contributed by atoms with Gasteiger partial charge in [-0.15, -0.1) is 0 Å². The molecule has 162 valence electrons. The van der Waals surface area contributed by atoms with Crippen molar-refractivity contribution in [3.8, 4) is 0 Å². The molecule has 0 bridgehead atoms. The lowest BCUT2D eigenvalue weighted by molar-refractivity contribution is -0.192. The van der Waals surface area contributed by atoms with Crippen LogP contribution in [0, 0.1) is 5.92 Å². The van der Waals surface area contributed by atoms with Gasteiger partial charge >= 0.3 is 12.1 Å². The zero-order chi connectivity index (χ0) is 21.8. The number of fused-ring (bicyclic) bond motifs is 1. The van der Waals surface area contributed by atoms with Crippen molar-refractivity contribution in [2.24, 2.45) is 5.92 Å². The quantitative estimate of drug-likeness (QED) is 0.656. The lowest BCUT2D eigenvalue weighted by Crippen LogP contribution is -2.44. The minimum atomic E-state index is -5.08. The van der Waals surface area contributed by atoms with E-state index in [0.29, 0.717) is 10.0 Å². The van der Waals surface area contributed by atoms with E-state index in [9.17, 15) is 18.0 Å². The first-order valence-corrected chi connectivity index (χ1v) is 10.1. The first kappa shape index (κ1) is 23.8. The van der Waals surface area contributed by atoms with Gasteiger partial charge in [-0.25, -0.2) is 4.79 Å². The van der Waals surface area contributed by atoms with E-state index in [1.54, 1.807) is 6.07 Å². The highest BCUT2D eigenvalue weighted by atomic mass is 35.5. The zero-order valence-electron chi connectivity index (χ0n) is 15.9. The first-order valence-electron chi connectivity index (χ1n) is 9.31. The van der Waals surface area contributed by atoms with Crippen LogP contribution in [0.5, 0.6) is 0 Å². The monoisotopic (exact) mass is 454 g/mol. The minimum Gasteiger partial charge on any atom is -0.475 e. The maximum atomic E-state index is 12.9. The number of aliphatic carboxylic acids is 1. The van der Waals surface area contributed by atoms with E-state index in [2.05, 4.69) is 12.2 Å². The van der Waals surface area contributed by atoms with E-state index in [0.717, 1.165) is 50.9 Å². The predicted octanol–water partition coefficient (Wildman–Crippen LogP) is 4.46. The van der Waals surface area contributed by atoms with Crippen LogP contribution in [0.2, 0.25) is 10.0 Å². The molecule has 5 nitrogen and oxygen atoms in total. The van der Waals surface area contributed by atoms with Gasteiger partial charge in [0, 0.05) is 23.1 Å². The Kier molecular flexibility index (Phi) is 8.19. The molecular weight excluding hydrogens is 432 g/mol. The van der Waals surface area contributed by atoms with E-state index in [-0.39, 0.29) is 17.9 Å². The Morgan fingerprint density at radius 2 is 1.90 bits per heavy atom. The maximum Gasteiger partial charge on any atom is 0.490 e. The van der Waals surface area contributed by atoms with Crippen molar-refractivity contribution >= 4 is 35.1 Å². The van der Waals surface area contributed by atoms with Crippen LogP contribution in [0.4, 0.5) is 13.2 Å². The summed E-state index contributed by atoms with van der Waals surface area (Å²) in [6.07, 6.45) is -0.993. The number of carboxylic acid groups (broad SMARTS) is 1. The van der Waals surface area contributed by atoms with Gasteiger partial charge in [0.1, 0.15) is 0 Å². The van der Waals surface area contributed by atoms with E-state index in [1.165, 1.54) is 5.56 Å². The smallest absolute Gasteiger partial charge is 0.475 e. The second kappa shape index (κ2) is 10.00. The van der Waals surface area contributed by atoms with Gasteiger partial charge in [0.25, 0.3) is 0 Å². The number of amides is 1. The van der Waals surface area contributed by atoms with Crippen molar-refractivity contribution in [1.82, 2.24) is 10.2 Å². The maximum absolute atomic E-state index is 12.9. The summed E-state index contributed by atoms with van der Waals surface area (Å²) in [6, 6.07) is 3.78. The van der Waals surface area contributed by atoms with Gasteiger partial charge in [-0.05, 0) is 56.0 Å². The molecule has 2 heterocycles. The summed E-state index contributed by atoms with van der Waals surface area (Å²) in [7, 11) is 0. The summed E-state index contributed by atoms with van der Waals surface area (Å²) in [5.41, 5.74) is 2.24. The van der Waals surface area contributed by atoms with Gasteiger partial charge in [-0.1, -0.05) is 29.6 Å². The van der Waals surface area contributed by atoms with Crippen LogP contribution in [0.1, 0.15) is 43.4 Å². The van der Waals surface area contributed by atoms with Gasteiger partial charge in [0.15, 0.2) is 0 Å². The molecule has 1 fully saturated rings. The fourth-order valence-electron chi connectivity index (χ4n) is 3.67. The fraction of sp³-hybridized carbons (Fsp3) is 0.579. The molecule has 2 aliphatic rings. The highest BCUT2D eigenvalue weighted by molar-refractivity contribution is 6.35. The first-order chi connectivity index (χ1) is 13.5. The Morgan fingerprint density at radius 1 is 1.24 bits per heavy atom. The van der Waals surface area contributed by atoms with Crippen molar-refractivity contribution in [1.29, 1.82) is 0 Å². The molecule has 2 atom stereocenters. The summed E-state index contributed by atoms with van der Waals surface area (Å²) in [6.45, 7) is 4.63. The molecular formula is C19H23Cl2F3N2O3. The second-order valence-electron chi connectivity index (χ2n) is 7.12. The molecule has 1 amide bonds. The predicted molar refractivity (Wildman–Crippen MR) is 104 cm³/mol. The lowest BCUT2D eigenvalue weighted by Gasteiger charge is -2.38. The molecule has 1 aromatic rings. The molecule has 0 spiro atoms. The molecule has 0 radical (unpaired) electrons. The largest absolute Gasteiger partial charge is 0.490 e. The highest BCUT2D eigenvalue weighted by Crippen LogP contribution is 2.37. The van der Waals surface area contributed by atoms with Gasteiger partial charge in [-0.2, -0.15) is 13.2 Å². The number of carboxylic acids is 1. The topological polar surface area (TPSA) is 69.6 Å². The standard InChI is InChI=1S/C17H22Cl2N2O.C2HF3O2/c1-11-16-12(8-14(18)9-15(16)19)5-7-21(11)17(22)13-4-2-3-6-20-10-13;3-2(4,5)1(6)7/h8-9,11,13,20H,2-7,10H2,1H3;(H,6,7)/t11-,13?;/m0./s1. The minimum absolute atomic E-state index is 0.0178. The zero-order valence-corrected chi connectivity index (χ0v) is 17.4. The number of rotatable bonds is 1. The molecule has 2 N–H and O–H groups in total. The van der Waals surface area contributed by atoms with Crippen LogP contribution in [0.15, 0.2) is 12.1 Å². The third-order valence-electron chi connectivity index (χ3n) is 5.11. The number of carbonyl (C=O) groups is 2. The van der Waals surface area contributed by atoms with Crippen molar-refractivity contribution in [3.05, 3.63) is 33.3 Å². The number of hydrogen-bond donors (Lipinski definition) is 2. The summed E-state index contributed by atoms with van der Waals surface area (Å²) in [5.74, 6) is -2.40. The van der Waals surface area contributed by atoms with Crippen LogP contribution >= 0.6 is 23.2 Å². The van der Waals surface area contributed by atoms with Crippen LogP contribution in [-0.4, -0.2) is 47.7 Å². The average Bonchev–Trinajstić information content (AvgIpc) is 2.90. The summed E-state index contributed by atoms with van der Waals surface area (Å²) >= 11 is 12.5. The Morgan fingerprint density at radius 3 is 2.52 bits per heavy atom. The van der Waals surface area contributed by atoms with Gasteiger partial charge in [-0.3, -0.25) is 4.79 Å². The molecule has 0 aromatic heterocycles. The summed E-state index contributed by atoms with van der Waals surface area (Å²) < 4.78 is 31.7. The fourth-order valence-corrected chi connectivity index (χ4v) is 4.36. The van der Waals surface area contributed by atoms with Crippen LogP contribution in [0.3, 0.4) is 0 Å². The van der Waals surface area contributed by atoms with Gasteiger partial charge in [0.05, 0.1) is 12.0 Å². The van der Waals surface area contributed by atoms with E-state index < -0.39 is 12.1 Å².